The Morgan fingerprint density at radius 2 is 1.80 bits per heavy atom. The van der Waals surface area contributed by atoms with E-state index < -0.39 is 6.10 Å². The number of benzene rings is 2. The van der Waals surface area contributed by atoms with E-state index in [-0.39, 0.29) is 12.5 Å². The molecule has 0 radical (unpaired) electrons. The van der Waals surface area contributed by atoms with E-state index in [0.29, 0.717) is 18.7 Å². The molecule has 2 aliphatic heterocycles. The van der Waals surface area contributed by atoms with Gasteiger partial charge in [-0.25, -0.2) is 0 Å². The molecule has 4 rings (SSSR count). The monoisotopic (exact) mass is 409 g/mol. The molecule has 2 N–H and O–H groups in total. The maximum Gasteiger partial charge on any atom is 0.251 e. The Hall–Kier alpha value is -2.41. The van der Waals surface area contributed by atoms with Gasteiger partial charge in [0.25, 0.3) is 5.91 Å². The molecule has 1 fully saturated rings. The topological polar surface area (TPSA) is 65.0 Å². The summed E-state index contributed by atoms with van der Waals surface area (Å²) in [4.78, 5) is 17.0. The van der Waals surface area contributed by atoms with Crippen molar-refractivity contribution in [2.45, 2.75) is 25.5 Å². The summed E-state index contributed by atoms with van der Waals surface area (Å²) in [6.07, 6.45) is 1.69. The van der Waals surface area contributed by atoms with Crippen LogP contribution >= 0.6 is 0 Å². The predicted molar refractivity (Wildman–Crippen MR) is 117 cm³/mol. The number of likely N-dealkylation sites (tertiary alicyclic amines) is 1. The second kappa shape index (κ2) is 10.1. The van der Waals surface area contributed by atoms with E-state index in [2.05, 4.69) is 39.4 Å². The van der Waals surface area contributed by atoms with Crippen molar-refractivity contribution in [3.05, 3.63) is 65.2 Å². The molecule has 0 aromatic heterocycles. The van der Waals surface area contributed by atoms with E-state index in [0.717, 1.165) is 31.8 Å². The largest absolute Gasteiger partial charge is 0.492 e. The standard InChI is InChI=1S/C24H31N3O3/c28-22(18-27-13-10-19-4-1-2-5-21(19)17-27)16-25-24(29)20-6-8-23(9-7-20)30-15-14-26-11-3-12-26/h1-2,4-9,22,28H,3,10-18H2,(H,25,29)/t22-/m0/s1. The van der Waals surface area contributed by atoms with Crippen LogP contribution < -0.4 is 10.1 Å². The number of nitrogens with zero attached hydrogens (tertiary/aromatic N) is 2. The van der Waals surface area contributed by atoms with Gasteiger partial charge in [0.15, 0.2) is 0 Å². The Morgan fingerprint density at radius 1 is 1.03 bits per heavy atom. The average Bonchev–Trinajstić information content (AvgIpc) is 2.74. The van der Waals surface area contributed by atoms with Crippen LogP contribution in [-0.4, -0.2) is 72.8 Å². The Balaban J connectivity index is 1.17. The number of nitrogens with one attached hydrogen (secondary N) is 1. The number of hydrogen-bond donors (Lipinski definition) is 2. The summed E-state index contributed by atoms with van der Waals surface area (Å²) in [5.41, 5.74) is 3.29. The van der Waals surface area contributed by atoms with E-state index in [1.807, 2.05) is 12.1 Å². The van der Waals surface area contributed by atoms with Crippen molar-refractivity contribution in [2.75, 3.05) is 45.9 Å². The summed E-state index contributed by atoms with van der Waals surface area (Å²) < 4.78 is 5.74. The molecule has 6 nitrogen and oxygen atoms in total. The van der Waals surface area contributed by atoms with Gasteiger partial charge < -0.3 is 15.2 Å². The van der Waals surface area contributed by atoms with Crippen molar-refractivity contribution in [2.24, 2.45) is 0 Å². The van der Waals surface area contributed by atoms with Crippen LogP contribution in [0.4, 0.5) is 0 Å². The lowest BCUT2D eigenvalue weighted by atomic mass is 10.00. The summed E-state index contributed by atoms with van der Waals surface area (Å²) in [7, 11) is 0. The second-order valence-electron chi connectivity index (χ2n) is 8.19. The number of fused-ring (bicyclic) bond motifs is 1. The predicted octanol–water partition coefficient (Wildman–Crippen LogP) is 1.92. The highest BCUT2D eigenvalue weighted by molar-refractivity contribution is 5.94. The van der Waals surface area contributed by atoms with E-state index in [1.165, 1.54) is 30.6 Å². The highest BCUT2D eigenvalue weighted by Crippen LogP contribution is 2.18. The minimum atomic E-state index is -0.594. The van der Waals surface area contributed by atoms with Crippen molar-refractivity contribution in [1.82, 2.24) is 15.1 Å². The van der Waals surface area contributed by atoms with Crippen LogP contribution in [0, 0.1) is 0 Å². The first-order chi connectivity index (χ1) is 14.7. The Morgan fingerprint density at radius 3 is 2.53 bits per heavy atom. The van der Waals surface area contributed by atoms with Gasteiger partial charge in [-0.3, -0.25) is 14.6 Å². The van der Waals surface area contributed by atoms with Gasteiger partial charge in [-0.15, -0.1) is 0 Å². The van der Waals surface area contributed by atoms with Crippen molar-refractivity contribution < 1.29 is 14.6 Å². The van der Waals surface area contributed by atoms with Crippen LogP contribution in [0.15, 0.2) is 48.5 Å². The molecule has 1 saturated heterocycles. The first-order valence-corrected chi connectivity index (χ1v) is 10.9. The Bertz CT molecular complexity index is 836. The van der Waals surface area contributed by atoms with E-state index in [9.17, 15) is 9.90 Å². The molecule has 0 unspecified atom stereocenters. The first-order valence-electron chi connectivity index (χ1n) is 10.9. The zero-order valence-corrected chi connectivity index (χ0v) is 17.4. The molecule has 0 spiro atoms. The third-order valence-corrected chi connectivity index (χ3v) is 5.92. The molecule has 6 heteroatoms. The molecular weight excluding hydrogens is 378 g/mol. The van der Waals surface area contributed by atoms with Gasteiger partial charge in [-0.2, -0.15) is 0 Å². The first kappa shape index (κ1) is 20.8. The molecule has 1 atom stereocenters. The van der Waals surface area contributed by atoms with E-state index >= 15 is 0 Å². The number of aliphatic hydroxyl groups excluding tert-OH is 1. The minimum Gasteiger partial charge on any atom is -0.492 e. The highest BCUT2D eigenvalue weighted by Gasteiger charge is 2.19. The minimum absolute atomic E-state index is 0.176. The lowest BCUT2D eigenvalue weighted by Gasteiger charge is -2.30. The zero-order valence-electron chi connectivity index (χ0n) is 17.4. The molecule has 0 aliphatic carbocycles. The number of ether oxygens (including phenoxy) is 1. The zero-order chi connectivity index (χ0) is 20.8. The van der Waals surface area contributed by atoms with Gasteiger partial charge in [-0.05, 0) is 61.3 Å². The second-order valence-corrected chi connectivity index (χ2v) is 8.19. The Labute approximate surface area is 178 Å². The van der Waals surface area contributed by atoms with Gasteiger partial charge in [0.1, 0.15) is 12.4 Å². The van der Waals surface area contributed by atoms with Crippen LogP contribution in [0.5, 0.6) is 5.75 Å². The van der Waals surface area contributed by atoms with Crippen molar-refractivity contribution in [3.8, 4) is 5.75 Å². The molecule has 2 aliphatic rings. The van der Waals surface area contributed by atoms with Crippen LogP contribution in [0.25, 0.3) is 0 Å². The molecule has 160 valence electrons. The summed E-state index contributed by atoms with van der Waals surface area (Å²) in [5, 5.41) is 13.2. The third kappa shape index (κ3) is 5.59. The van der Waals surface area contributed by atoms with Crippen molar-refractivity contribution in [1.29, 1.82) is 0 Å². The number of carbonyl (C=O) groups is 1. The van der Waals surface area contributed by atoms with Gasteiger partial charge in [0.2, 0.25) is 0 Å². The van der Waals surface area contributed by atoms with Gasteiger partial charge >= 0.3 is 0 Å². The van der Waals surface area contributed by atoms with Crippen molar-refractivity contribution >= 4 is 5.91 Å². The van der Waals surface area contributed by atoms with Gasteiger partial charge in [0, 0.05) is 38.3 Å². The molecule has 0 bridgehead atoms. The lowest BCUT2D eigenvalue weighted by Crippen LogP contribution is -2.42. The molecule has 30 heavy (non-hydrogen) atoms. The van der Waals surface area contributed by atoms with E-state index in [4.69, 9.17) is 4.74 Å². The van der Waals surface area contributed by atoms with E-state index in [1.54, 1.807) is 12.1 Å². The molecular formula is C24H31N3O3. The lowest BCUT2D eigenvalue weighted by molar-refractivity contribution is 0.0842. The highest BCUT2D eigenvalue weighted by atomic mass is 16.5. The number of carbonyl (C=O) groups excluding carboxylic acids is 1. The average molecular weight is 410 g/mol. The molecule has 2 aromatic carbocycles. The summed E-state index contributed by atoms with van der Waals surface area (Å²) in [6.45, 7) is 6.52. The third-order valence-electron chi connectivity index (χ3n) is 5.92. The smallest absolute Gasteiger partial charge is 0.251 e. The fraction of sp³-hybridized carbons (Fsp3) is 0.458. The normalized spacial score (nSPS) is 17.6. The molecule has 2 heterocycles. The number of hydrogen-bond acceptors (Lipinski definition) is 5. The molecule has 2 aromatic rings. The summed E-state index contributed by atoms with van der Waals surface area (Å²) >= 11 is 0. The molecule has 1 amide bonds. The maximum absolute atomic E-state index is 12.4. The van der Waals surface area contributed by atoms with Gasteiger partial charge in [-0.1, -0.05) is 24.3 Å². The summed E-state index contributed by atoms with van der Waals surface area (Å²) in [5.74, 6) is 0.600. The Kier molecular flexibility index (Phi) is 7.00. The van der Waals surface area contributed by atoms with Gasteiger partial charge in [0.05, 0.1) is 6.10 Å². The number of β-amino-alcohol motifs (C(OH)–C–C–N with tert-alkyl or cyclic N) is 1. The molecule has 0 saturated carbocycles. The summed E-state index contributed by atoms with van der Waals surface area (Å²) in [6, 6.07) is 15.6. The number of amides is 1. The fourth-order valence-corrected chi connectivity index (χ4v) is 3.99. The quantitative estimate of drug-likeness (QED) is 0.663. The van der Waals surface area contributed by atoms with Crippen LogP contribution in [0.1, 0.15) is 27.9 Å². The van der Waals surface area contributed by atoms with Crippen molar-refractivity contribution in [3.63, 3.8) is 0 Å². The van der Waals surface area contributed by atoms with Crippen LogP contribution in [-0.2, 0) is 13.0 Å². The van der Waals surface area contributed by atoms with Crippen LogP contribution in [0.2, 0.25) is 0 Å². The SMILES string of the molecule is O=C(NC[C@H](O)CN1CCc2ccccc2C1)c1ccc(OCCN2CCC2)cc1. The van der Waals surface area contributed by atoms with Crippen LogP contribution in [0.3, 0.4) is 0 Å². The fourth-order valence-electron chi connectivity index (χ4n) is 3.99. The maximum atomic E-state index is 12.4. The number of rotatable bonds is 9. The number of aliphatic hydroxyl groups is 1.